The topological polar surface area (TPSA) is 58.6 Å². The lowest BCUT2D eigenvalue weighted by atomic mass is 9.84. The van der Waals surface area contributed by atoms with E-state index in [1.165, 1.54) is 6.07 Å². The average molecular weight is 425 g/mol. The number of hydrogen-bond acceptors (Lipinski definition) is 3. The second-order valence-corrected chi connectivity index (χ2v) is 8.53. The van der Waals surface area contributed by atoms with E-state index in [1.807, 2.05) is 6.07 Å². The standard InChI is InChI=1S/C25H29FN2O3/c1-16(18-10-4-6-12-20(18)26)27-24(29)22-15-17-9-3-7-13-21(17)28(22)25(30)19-11-5-8-14-23(19)31-2/h4-6,8,10-12,14,16-17,21-22H,3,7,9,13,15H2,1-2H3,(H,27,29)/t16-,17+,21+,22+/m1/s1. The van der Waals surface area contributed by atoms with Crippen LogP contribution in [0.25, 0.3) is 0 Å². The van der Waals surface area contributed by atoms with Crippen molar-refractivity contribution in [1.82, 2.24) is 10.2 Å². The first-order chi connectivity index (χ1) is 15.0. The van der Waals surface area contributed by atoms with Gasteiger partial charge in [0.2, 0.25) is 5.91 Å². The van der Waals surface area contributed by atoms with Crippen molar-refractivity contribution >= 4 is 11.8 Å². The molecule has 0 bridgehead atoms. The number of ether oxygens (including phenoxy) is 1. The van der Waals surface area contributed by atoms with Gasteiger partial charge in [-0.3, -0.25) is 9.59 Å². The van der Waals surface area contributed by atoms with Crippen LogP contribution in [-0.4, -0.2) is 35.9 Å². The molecule has 1 heterocycles. The van der Waals surface area contributed by atoms with E-state index in [1.54, 1.807) is 55.3 Å². The summed E-state index contributed by atoms with van der Waals surface area (Å²) in [5.41, 5.74) is 0.907. The highest BCUT2D eigenvalue weighted by Crippen LogP contribution is 2.41. The number of para-hydroxylation sites is 1. The van der Waals surface area contributed by atoms with Crippen LogP contribution in [0, 0.1) is 11.7 Å². The van der Waals surface area contributed by atoms with Crippen molar-refractivity contribution in [2.24, 2.45) is 5.92 Å². The van der Waals surface area contributed by atoms with Gasteiger partial charge < -0.3 is 15.0 Å². The predicted octanol–water partition coefficient (Wildman–Crippen LogP) is 4.49. The molecule has 164 valence electrons. The van der Waals surface area contributed by atoms with Gasteiger partial charge in [-0.1, -0.05) is 43.2 Å². The summed E-state index contributed by atoms with van der Waals surface area (Å²) in [7, 11) is 1.54. The second-order valence-electron chi connectivity index (χ2n) is 8.53. The quantitative estimate of drug-likeness (QED) is 0.770. The molecular weight excluding hydrogens is 395 g/mol. The van der Waals surface area contributed by atoms with E-state index >= 15 is 0 Å². The average Bonchev–Trinajstić information content (AvgIpc) is 3.18. The summed E-state index contributed by atoms with van der Waals surface area (Å²) in [5, 5.41) is 2.95. The molecule has 1 saturated heterocycles. The highest BCUT2D eigenvalue weighted by molar-refractivity contribution is 6.00. The van der Waals surface area contributed by atoms with Gasteiger partial charge in [-0.15, -0.1) is 0 Å². The summed E-state index contributed by atoms with van der Waals surface area (Å²) >= 11 is 0. The Balaban J connectivity index is 1.61. The molecule has 1 aliphatic heterocycles. The van der Waals surface area contributed by atoms with Crippen molar-refractivity contribution in [2.45, 2.75) is 57.2 Å². The highest BCUT2D eigenvalue weighted by Gasteiger charge is 2.48. The lowest BCUT2D eigenvalue weighted by Crippen LogP contribution is -2.50. The molecule has 2 aromatic carbocycles. The van der Waals surface area contributed by atoms with Crippen molar-refractivity contribution in [3.05, 3.63) is 65.5 Å². The predicted molar refractivity (Wildman–Crippen MR) is 116 cm³/mol. The molecule has 1 saturated carbocycles. The minimum Gasteiger partial charge on any atom is -0.496 e. The number of nitrogens with zero attached hydrogens (tertiary/aromatic N) is 1. The number of halogens is 1. The summed E-state index contributed by atoms with van der Waals surface area (Å²) in [6.07, 6.45) is 4.74. The molecular formula is C25H29FN2O3. The van der Waals surface area contributed by atoms with Crippen LogP contribution >= 0.6 is 0 Å². The van der Waals surface area contributed by atoms with Crippen LogP contribution < -0.4 is 10.1 Å². The number of nitrogens with one attached hydrogen (secondary N) is 1. The molecule has 0 radical (unpaired) electrons. The second kappa shape index (κ2) is 9.08. The number of carbonyl (C=O) groups excluding carboxylic acids is 2. The molecule has 2 fully saturated rings. The molecule has 1 N–H and O–H groups in total. The number of carbonyl (C=O) groups is 2. The normalized spacial score (nSPS) is 23.7. The van der Waals surface area contributed by atoms with Crippen molar-refractivity contribution in [3.63, 3.8) is 0 Å². The third-order valence-corrected chi connectivity index (χ3v) is 6.69. The number of amides is 2. The zero-order valence-electron chi connectivity index (χ0n) is 18.0. The van der Waals surface area contributed by atoms with Crippen LogP contribution in [0.5, 0.6) is 5.75 Å². The lowest BCUT2D eigenvalue weighted by molar-refractivity contribution is -0.125. The third kappa shape index (κ3) is 4.16. The van der Waals surface area contributed by atoms with Gasteiger partial charge in [0.1, 0.15) is 17.6 Å². The van der Waals surface area contributed by atoms with Gasteiger partial charge in [0.05, 0.1) is 18.7 Å². The Morgan fingerprint density at radius 2 is 1.81 bits per heavy atom. The fraction of sp³-hybridized carbons (Fsp3) is 0.440. The van der Waals surface area contributed by atoms with E-state index in [-0.39, 0.29) is 23.7 Å². The zero-order chi connectivity index (χ0) is 22.0. The number of fused-ring (bicyclic) bond motifs is 1. The van der Waals surface area contributed by atoms with Crippen molar-refractivity contribution < 1.29 is 18.7 Å². The van der Waals surface area contributed by atoms with E-state index in [9.17, 15) is 14.0 Å². The van der Waals surface area contributed by atoms with Gasteiger partial charge in [-0.05, 0) is 50.3 Å². The maximum atomic E-state index is 14.2. The summed E-state index contributed by atoms with van der Waals surface area (Å²) in [5.74, 6) is 0.0638. The Kier molecular flexibility index (Phi) is 6.25. The van der Waals surface area contributed by atoms with Crippen molar-refractivity contribution in [3.8, 4) is 5.75 Å². The summed E-state index contributed by atoms with van der Waals surface area (Å²) < 4.78 is 19.6. The molecule has 2 aliphatic rings. The van der Waals surface area contributed by atoms with Crippen LogP contribution in [0.2, 0.25) is 0 Å². The van der Waals surface area contributed by atoms with Gasteiger partial charge in [-0.25, -0.2) is 4.39 Å². The highest BCUT2D eigenvalue weighted by atomic mass is 19.1. The van der Waals surface area contributed by atoms with E-state index in [0.29, 0.717) is 29.2 Å². The summed E-state index contributed by atoms with van der Waals surface area (Å²) in [4.78, 5) is 28.7. The van der Waals surface area contributed by atoms with E-state index in [2.05, 4.69) is 5.32 Å². The molecule has 4 rings (SSSR count). The van der Waals surface area contributed by atoms with Crippen molar-refractivity contribution in [2.75, 3.05) is 7.11 Å². The van der Waals surface area contributed by atoms with Gasteiger partial charge >= 0.3 is 0 Å². The fourth-order valence-corrected chi connectivity index (χ4v) is 5.16. The Bertz CT molecular complexity index is 963. The number of hydrogen-bond donors (Lipinski definition) is 1. The van der Waals surface area contributed by atoms with E-state index in [0.717, 1.165) is 25.7 Å². The molecule has 2 aromatic rings. The maximum Gasteiger partial charge on any atom is 0.258 e. The van der Waals surface area contributed by atoms with Gasteiger partial charge in [-0.2, -0.15) is 0 Å². The fourth-order valence-electron chi connectivity index (χ4n) is 5.16. The monoisotopic (exact) mass is 424 g/mol. The Morgan fingerprint density at radius 1 is 1.10 bits per heavy atom. The van der Waals surface area contributed by atoms with Crippen LogP contribution in [0.3, 0.4) is 0 Å². The molecule has 31 heavy (non-hydrogen) atoms. The van der Waals surface area contributed by atoms with Crippen LogP contribution in [0.4, 0.5) is 4.39 Å². The van der Waals surface area contributed by atoms with E-state index < -0.39 is 12.1 Å². The van der Waals surface area contributed by atoms with E-state index in [4.69, 9.17) is 4.74 Å². The first kappa shape index (κ1) is 21.3. The molecule has 5 nitrogen and oxygen atoms in total. The van der Waals surface area contributed by atoms with Gasteiger partial charge in [0.15, 0.2) is 0 Å². The van der Waals surface area contributed by atoms with Crippen molar-refractivity contribution in [1.29, 1.82) is 0 Å². The smallest absolute Gasteiger partial charge is 0.258 e. The summed E-state index contributed by atoms with van der Waals surface area (Å²) in [6, 6.07) is 12.6. The third-order valence-electron chi connectivity index (χ3n) is 6.69. The van der Waals surface area contributed by atoms with Gasteiger partial charge in [0.25, 0.3) is 5.91 Å². The van der Waals surface area contributed by atoms with Crippen LogP contribution in [0.1, 0.15) is 61.0 Å². The molecule has 4 atom stereocenters. The minimum atomic E-state index is -0.570. The largest absolute Gasteiger partial charge is 0.496 e. The molecule has 6 heteroatoms. The molecule has 0 unspecified atom stereocenters. The SMILES string of the molecule is COc1ccccc1C(=O)N1[C@H](C(=O)N[C@H](C)c2ccccc2F)C[C@@H]2CCCC[C@@H]21. The Hall–Kier alpha value is -2.89. The number of rotatable bonds is 5. The number of methoxy groups -OCH3 is 1. The zero-order valence-corrected chi connectivity index (χ0v) is 18.0. The Labute approximate surface area is 182 Å². The first-order valence-electron chi connectivity index (χ1n) is 11.0. The molecule has 1 aliphatic carbocycles. The molecule has 2 amide bonds. The molecule has 0 spiro atoms. The number of benzene rings is 2. The van der Waals surface area contributed by atoms with Gasteiger partial charge in [0, 0.05) is 11.6 Å². The number of likely N-dealkylation sites (tertiary alicyclic amines) is 1. The van der Waals surface area contributed by atoms with Crippen LogP contribution in [-0.2, 0) is 4.79 Å². The minimum absolute atomic E-state index is 0.0469. The lowest BCUT2D eigenvalue weighted by Gasteiger charge is -2.34. The molecule has 0 aromatic heterocycles. The van der Waals surface area contributed by atoms with Crippen LogP contribution in [0.15, 0.2) is 48.5 Å². The maximum absolute atomic E-state index is 14.2. The first-order valence-corrected chi connectivity index (χ1v) is 11.0. The summed E-state index contributed by atoms with van der Waals surface area (Å²) in [6.45, 7) is 1.77. The Morgan fingerprint density at radius 3 is 2.58 bits per heavy atom.